The van der Waals surface area contributed by atoms with Crippen LogP contribution in [0.25, 0.3) is 4.48 Å². The molecule has 1 aliphatic heterocycles. The van der Waals surface area contributed by atoms with E-state index in [1.807, 2.05) is 29.3 Å². The Kier molecular flexibility index (Phi) is 4.69. The number of hydroxylamine groups is 2. The fourth-order valence-corrected chi connectivity index (χ4v) is 2.73. The molecule has 1 fully saturated rings. The molecule has 1 aliphatic rings. The highest BCUT2D eigenvalue weighted by Gasteiger charge is 2.16. The van der Waals surface area contributed by atoms with Crippen molar-refractivity contribution in [2.45, 2.75) is 12.8 Å². The van der Waals surface area contributed by atoms with Crippen LogP contribution in [0.3, 0.4) is 0 Å². The molecule has 1 heterocycles. The van der Waals surface area contributed by atoms with Gasteiger partial charge in [-0.15, -0.1) is 0 Å². The van der Waals surface area contributed by atoms with Gasteiger partial charge in [-0.3, -0.25) is 4.79 Å². The lowest BCUT2D eigenvalue weighted by molar-refractivity contribution is -0.135. The van der Waals surface area contributed by atoms with Gasteiger partial charge in [-0.25, -0.2) is 0 Å². The van der Waals surface area contributed by atoms with Gasteiger partial charge < -0.3 is 4.84 Å². The number of benzene rings is 1. The van der Waals surface area contributed by atoms with E-state index in [-0.39, 0.29) is 0 Å². The highest BCUT2D eigenvalue weighted by atomic mass is 79.9. The maximum absolute atomic E-state index is 10.6. The number of carbonyl (C=O) groups excluding carboxylic acids is 1. The number of nitrogens with zero attached hydrogens (tertiary/aromatic N) is 1. The monoisotopic (exact) mass is 309 g/mol. The van der Waals surface area contributed by atoms with Crippen LogP contribution in [0.5, 0.6) is 0 Å². The average Bonchev–Trinajstić information content (AvgIpc) is 2.47. The first-order valence-electron chi connectivity index (χ1n) is 5.97. The van der Waals surface area contributed by atoms with Gasteiger partial charge in [0.15, 0.2) is 0 Å². The summed E-state index contributed by atoms with van der Waals surface area (Å²) in [6.45, 7) is 1.85. The summed E-state index contributed by atoms with van der Waals surface area (Å²) in [7, 11) is 1.71. The predicted molar refractivity (Wildman–Crippen MR) is 75.5 cm³/mol. The average molecular weight is 310 g/mol. The lowest BCUT2D eigenvalue weighted by Gasteiger charge is -2.26. The van der Waals surface area contributed by atoms with Crippen molar-refractivity contribution < 1.29 is 9.63 Å². The van der Waals surface area contributed by atoms with Crippen molar-refractivity contribution >= 4 is 26.7 Å². The van der Waals surface area contributed by atoms with Crippen molar-refractivity contribution in [3.05, 3.63) is 41.0 Å². The van der Waals surface area contributed by atoms with Crippen LogP contribution in [0.15, 0.2) is 29.8 Å². The van der Waals surface area contributed by atoms with Crippen LogP contribution in [-0.4, -0.2) is 31.5 Å². The largest absolute Gasteiger partial charge is 0.302 e. The second-order valence-electron chi connectivity index (χ2n) is 4.27. The first kappa shape index (κ1) is 13.5. The molecule has 0 radical (unpaired) electrons. The van der Waals surface area contributed by atoms with Crippen molar-refractivity contribution in [2.75, 3.05) is 20.2 Å². The van der Waals surface area contributed by atoms with Gasteiger partial charge in [-0.05, 0) is 18.4 Å². The van der Waals surface area contributed by atoms with Crippen molar-refractivity contribution in [1.29, 1.82) is 0 Å². The van der Waals surface area contributed by atoms with Gasteiger partial charge in [0.2, 0.25) is 0 Å². The van der Waals surface area contributed by atoms with Crippen LogP contribution in [-0.2, 0) is 4.84 Å². The maximum atomic E-state index is 10.6. The van der Waals surface area contributed by atoms with Crippen LogP contribution in [0.1, 0.15) is 28.8 Å². The second kappa shape index (κ2) is 6.27. The van der Waals surface area contributed by atoms with Gasteiger partial charge in [0.05, 0.1) is 7.11 Å². The van der Waals surface area contributed by atoms with Crippen LogP contribution in [0.4, 0.5) is 0 Å². The Labute approximate surface area is 116 Å². The first-order valence-corrected chi connectivity index (χ1v) is 6.76. The number of aldehydes is 1. The third-order valence-corrected chi connectivity index (χ3v) is 4.21. The van der Waals surface area contributed by atoms with E-state index in [2.05, 4.69) is 15.9 Å². The van der Waals surface area contributed by atoms with Gasteiger partial charge in [0.25, 0.3) is 0 Å². The third kappa shape index (κ3) is 3.07. The van der Waals surface area contributed by atoms with E-state index in [4.69, 9.17) is 4.84 Å². The quantitative estimate of drug-likeness (QED) is 0.803. The van der Waals surface area contributed by atoms with Gasteiger partial charge in [0.1, 0.15) is 6.29 Å². The summed E-state index contributed by atoms with van der Waals surface area (Å²) < 4.78 is 1.15. The molecule has 96 valence electrons. The Hall–Kier alpha value is -0.970. The van der Waals surface area contributed by atoms with E-state index < -0.39 is 0 Å². The molecule has 1 aromatic carbocycles. The van der Waals surface area contributed by atoms with Gasteiger partial charge in [-0.2, -0.15) is 5.06 Å². The molecule has 0 aromatic heterocycles. The minimum absolute atomic E-state index is 0.707. The Morgan fingerprint density at radius 1 is 1.28 bits per heavy atom. The second-order valence-corrected chi connectivity index (χ2v) is 5.06. The number of carbonyl (C=O) groups is 1. The highest BCUT2D eigenvalue weighted by molar-refractivity contribution is 9.15. The number of hydrogen-bond acceptors (Lipinski definition) is 3. The molecule has 0 amide bonds. The summed E-state index contributed by atoms with van der Waals surface area (Å²) in [6, 6.07) is 7.63. The normalized spacial score (nSPS) is 16.7. The van der Waals surface area contributed by atoms with Gasteiger partial charge in [0, 0.05) is 23.1 Å². The fourth-order valence-electron chi connectivity index (χ4n) is 2.07. The molecule has 0 atom stereocenters. The summed E-state index contributed by atoms with van der Waals surface area (Å²) in [5, 5.41) is 1.97. The summed E-state index contributed by atoms with van der Waals surface area (Å²) in [5.74, 6) is 0. The topological polar surface area (TPSA) is 29.5 Å². The fraction of sp³-hybridized carbons (Fsp3) is 0.357. The zero-order valence-electron chi connectivity index (χ0n) is 10.4. The lowest BCUT2D eigenvalue weighted by Crippen LogP contribution is -2.29. The smallest absolute Gasteiger partial charge is 0.150 e. The van der Waals surface area contributed by atoms with Crippen molar-refractivity contribution in [3.8, 4) is 0 Å². The summed E-state index contributed by atoms with van der Waals surface area (Å²) >= 11 is 3.67. The first-order chi connectivity index (χ1) is 8.74. The SMILES string of the molecule is CON1CCC(=C(Br)c2ccc(C=O)cc2)CC1. The number of piperidine rings is 1. The Balaban J connectivity index is 2.14. The molecule has 0 spiro atoms. The van der Waals surface area contributed by atoms with E-state index in [9.17, 15) is 4.79 Å². The number of hydrogen-bond donors (Lipinski definition) is 0. The third-order valence-electron chi connectivity index (χ3n) is 3.19. The van der Waals surface area contributed by atoms with E-state index in [0.717, 1.165) is 42.3 Å². The maximum Gasteiger partial charge on any atom is 0.150 e. The molecule has 1 saturated heterocycles. The van der Waals surface area contributed by atoms with Crippen molar-refractivity contribution in [3.63, 3.8) is 0 Å². The van der Waals surface area contributed by atoms with Crippen LogP contribution >= 0.6 is 15.9 Å². The standard InChI is InChI=1S/C14H16BrNO2/c1-18-16-8-6-13(7-9-16)14(15)12-4-2-11(10-17)3-5-12/h2-5,10H,6-9H2,1H3. The van der Waals surface area contributed by atoms with Crippen LogP contribution in [0.2, 0.25) is 0 Å². The highest BCUT2D eigenvalue weighted by Crippen LogP contribution is 2.31. The molecule has 18 heavy (non-hydrogen) atoms. The van der Waals surface area contributed by atoms with Gasteiger partial charge >= 0.3 is 0 Å². The van der Waals surface area contributed by atoms with Crippen LogP contribution in [0, 0.1) is 0 Å². The van der Waals surface area contributed by atoms with E-state index in [1.165, 1.54) is 5.57 Å². The molecule has 4 heteroatoms. The van der Waals surface area contributed by atoms with Crippen LogP contribution < -0.4 is 0 Å². The Morgan fingerprint density at radius 3 is 2.39 bits per heavy atom. The van der Waals surface area contributed by atoms with Crippen molar-refractivity contribution in [1.82, 2.24) is 5.06 Å². The Morgan fingerprint density at radius 2 is 1.89 bits per heavy atom. The minimum atomic E-state index is 0.707. The van der Waals surface area contributed by atoms with E-state index >= 15 is 0 Å². The van der Waals surface area contributed by atoms with Gasteiger partial charge in [-0.1, -0.05) is 45.8 Å². The molecular weight excluding hydrogens is 294 g/mol. The molecule has 0 aliphatic carbocycles. The molecule has 0 N–H and O–H groups in total. The zero-order valence-corrected chi connectivity index (χ0v) is 11.9. The predicted octanol–water partition coefficient (Wildman–Crippen LogP) is 3.26. The summed E-state index contributed by atoms with van der Waals surface area (Å²) in [4.78, 5) is 15.8. The molecular formula is C14H16BrNO2. The molecule has 2 rings (SSSR count). The molecule has 3 nitrogen and oxygen atoms in total. The molecule has 0 unspecified atom stereocenters. The van der Waals surface area contributed by atoms with Crippen molar-refractivity contribution in [2.24, 2.45) is 0 Å². The Bertz CT molecular complexity index is 443. The summed E-state index contributed by atoms with van der Waals surface area (Å²) in [5.41, 5.74) is 3.24. The summed E-state index contributed by atoms with van der Waals surface area (Å²) in [6.07, 6.45) is 2.87. The number of halogens is 1. The molecule has 1 aromatic rings. The zero-order chi connectivity index (χ0) is 13.0. The molecule has 0 bridgehead atoms. The van der Waals surface area contributed by atoms with E-state index in [0.29, 0.717) is 5.56 Å². The molecule has 0 saturated carbocycles. The van der Waals surface area contributed by atoms with E-state index in [1.54, 1.807) is 7.11 Å². The lowest BCUT2D eigenvalue weighted by atomic mass is 10.0. The minimum Gasteiger partial charge on any atom is -0.302 e. The number of rotatable bonds is 3.